The van der Waals surface area contributed by atoms with Gasteiger partial charge in [0, 0.05) is 17.4 Å². The zero-order valence-electron chi connectivity index (χ0n) is 32.7. The number of fused-ring (bicyclic) bond motifs is 3. The second-order valence-electron chi connectivity index (χ2n) is 13.7. The van der Waals surface area contributed by atoms with Gasteiger partial charge in [-0.15, -0.1) is 5.10 Å². The van der Waals surface area contributed by atoms with Crippen molar-refractivity contribution in [3.63, 3.8) is 0 Å². The van der Waals surface area contributed by atoms with Crippen molar-refractivity contribution < 1.29 is 57.0 Å². The number of esters is 1. The van der Waals surface area contributed by atoms with Gasteiger partial charge in [-0.3, -0.25) is 9.59 Å². The average molecular weight is 792 g/mol. The number of benzene rings is 4. The Hall–Kier alpha value is -6.90. The standard InChI is InChI=1S/C43H41N3O12/c1-49-31-11-8-23(13-33(31)50-2)7-10-30(47)24-9-12-32(34(14-24)51-3)55-20-26-19-46(45-44-26)41-28-18-36-35(57-22-58-36)17-27(28)39(40-29(41)21-56-43(40)48)25-15-37(52-4)42(54-6)38(16-25)53-5/h7-19,29,39-41H,20-22H2,1-6H3/b10-7+/t29-,39+,40-,41-/m0/s1. The number of rotatable bonds is 14. The molecule has 0 N–H and O–H groups in total. The molecule has 0 saturated carbocycles. The number of nitrogens with zero attached hydrogens (tertiary/aromatic N) is 3. The first-order valence-corrected chi connectivity index (χ1v) is 18.3. The molecule has 4 aromatic carbocycles. The van der Waals surface area contributed by atoms with E-state index in [1.807, 2.05) is 30.3 Å². The predicted molar refractivity (Wildman–Crippen MR) is 207 cm³/mol. The maximum Gasteiger partial charge on any atom is 0.310 e. The van der Waals surface area contributed by atoms with Crippen molar-refractivity contribution in [2.45, 2.75) is 18.6 Å². The van der Waals surface area contributed by atoms with Crippen LogP contribution in [-0.2, 0) is 16.1 Å². The van der Waals surface area contributed by atoms with Gasteiger partial charge >= 0.3 is 5.97 Å². The molecule has 0 bridgehead atoms. The number of hydrogen-bond donors (Lipinski definition) is 0. The number of allylic oxidation sites excluding steroid dienone is 1. The van der Waals surface area contributed by atoms with Gasteiger partial charge in [0.1, 0.15) is 12.3 Å². The zero-order valence-corrected chi connectivity index (χ0v) is 32.7. The highest BCUT2D eigenvalue weighted by Gasteiger charge is 2.53. The fourth-order valence-electron chi connectivity index (χ4n) is 7.99. The molecule has 3 heterocycles. The summed E-state index contributed by atoms with van der Waals surface area (Å²) in [6.45, 7) is 0.285. The van der Waals surface area contributed by atoms with Gasteiger partial charge in [-0.1, -0.05) is 17.4 Å². The first kappa shape index (κ1) is 38.0. The first-order chi connectivity index (χ1) is 28.3. The third-order valence-electron chi connectivity index (χ3n) is 10.7. The molecule has 5 aromatic rings. The van der Waals surface area contributed by atoms with Crippen LogP contribution in [-0.4, -0.2) is 82.8 Å². The van der Waals surface area contributed by atoms with Crippen molar-refractivity contribution in [3.05, 3.63) is 106 Å². The van der Waals surface area contributed by atoms with Crippen molar-refractivity contribution in [3.8, 4) is 51.7 Å². The van der Waals surface area contributed by atoms with Crippen molar-refractivity contribution in [2.24, 2.45) is 11.8 Å². The molecule has 1 aromatic heterocycles. The number of carbonyl (C=O) groups excluding carboxylic acids is 2. The minimum Gasteiger partial charge on any atom is -0.493 e. The number of methoxy groups -OCH3 is 6. The summed E-state index contributed by atoms with van der Waals surface area (Å²) in [5.41, 5.74) is 4.21. The Bertz CT molecular complexity index is 2380. The molecule has 0 spiro atoms. The number of hydrogen-bond acceptors (Lipinski definition) is 14. The highest BCUT2D eigenvalue weighted by Crippen LogP contribution is 2.56. The minimum absolute atomic E-state index is 0.0428. The van der Waals surface area contributed by atoms with E-state index >= 15 is 0 Å². The van der Waals surface area contributed by atoms with Crippen molar-refractivity contribution in [1.82, 2.24) is 15.0 Å². The molecule has 0 amide bonds. The Morgan fingerprint density at radius 1 is 0.759 bits per heavy atom. The average Bonchev–Trinajstić information content (AvgIpc) is 4.02. The molecular weight excluding hydrogens is 750 g/mol. The fraction of sp³-hybridized carbons (Fsp3) is 0.302. The minimum atomic E-state index is -0.594. The number of cyclic esters (lactones) is 1. The number of aromatic nitrogens is 3. The molecule has 0 unspecified atom stereocenters. The molecule has 58 heavy (non-hydrogen) atoms. The van der Waals surface area contributed by atoms with Crippen molar-refractivity contribution in [2.75, 3.05) is 56.1 Å². The quantitative estimate of drug-likeness (QED) is 0.0727. The van der Waals surface area contributed by atoms with Gasteiger partial charge in [0.15, 0.2) is 51.8 Å². The molecule has 15 nitrogen and oxygen atoms in total. The Balaban J connectivity index is 1.06. The van der Waals surface area contributed by atoms with Crippen LogP contribution in [0.1, 0.15) is 50.3 Å². The second-order valence-corrected chi connectivity index (χ2v) is 13.7. The number of ether oxygens (including phenoxy) is 10. The van der Waals surface area contributed by atoms with Crippen LogP contribution in [0.2, 0.25) is 0 Å². The summed E-state index contributed by atoms with van der Waals surface area (Å²) in [5.74, 6) is 2.54. The van der Waals surface area contributed by atoms with Crippen molar-refractivity contribution in [1.29, 1.82) is 0 Å². The molecule has 1 aliphatic carbocycles. The first-order valence-electron chi connectivity index (χ1n) is 18.3. The van der Waals surface area contributed by atoms with Crippen LogP contribution in [0, 0.1) is 11.8 Å². The van der Waals surface area contributed by atoms with Gasteiger partial charge in [0.05, 0.1) is 67.4 Å². The largest absolute Gasteiger partial charge is 0.493 e. The highest BCUT2D eigenvalue weighted by atomic mass is 16.7. The lowest BCUT2D eigenvalue weighted by molar-refractivity contribution is -0.141. The summed E-state index contributed by atoms with van der Waals surface area (Å²) in [6.07, 6.45) is 4.97. The van der Waals surface area contributed by atoms with Crippen LogP contribution in [0.4, 0.5) is 0 Å². The highest BCUT2D eigenvalue weighted by molar-refractivity contribution is 6.07. The maximum absolute atomic E-state index is 13.7. The Labute approximate surface area is 333 Å². The van der Waals surface area contributed by atoms with E-state index in [0.717, 1.165) is 22.3 Å². The summed E-state index contributed by atoms with van der Waals surface area (Å²) in [6, 6.07) is 17.5. The Kier molecular flexibility index (Phi) is 10.4. The van der Waals surface area contributed by atoms with Gasteiger partial charge in [0.2, 0.25) is 12.5 Å². The SMILES string of the molecule is COc1ccc(/C=C/C(=O)c2ccc(OCc3cn([C@H]4c5cc6c(cc5[C@@H](c5cc(OC)c(OC)c(OC)c5)[C@H]5C(=O)OC[C@@H]54)OCO6)nn3)c(OC)c2)cc1OC. The molecule has 4 atom stereocenters. The molecule has 1 fully saturated rings. The van der Waals surface area contributed by atoms with Gasteiger partial charge in [-0.25, -0.2) is 4.68 Å². The molecule has 300 valence electrons. The van der Waals surface area contributed by atoms with Gasteiger partial charge in [0.25, 0.3) is 0 Å². The summed E-state index contributed by atoms with van der Waals surface area (Å²) in [4.78, 5) is 26.8. The van der Waals surface area contributed by atoms with Crippen LogP contribution < -0.4 is 42.6 Å². The lowest BCUT2D eigenvalue weighted by Crippen LogP contribution is -2.37. The third kappa shape index (κ3) is 6.82. The van der Waals surface area contributed by atoms with Gasteiger partial charge in [-0.05, 0) is 82.9 Å². The lowest BCUT2D eigenvalue weighted by Gasteiger charge is -2.39. The molecular formula is C43H41N3O12. The molecule has 1 saturated heterocycles. The normalized spacial score (nSPS) is 18.9. The van der Waals surface area contributed by atoms with Crippen LogP contribution in [0.3, 0.4) is 0 Å². The van der Waals surface area contributed by atoms with Crippen LogP contribution in [0.15, 0.2) is 72.9 Å². The molecule has 3 aliphatic rings. The monoisotopic (exact) mass is 791 g/mol. The molecule has 2 aliphatic heterocycles. The van der Waals surface area contributed by atoms with E-state index in [0.29, 0.717) is 63.0 Å². The Morgan fingerprint density at radius 3 is 2.12 bits per heavy atom. The zero-order chi connectivity index (χ0) is 40.5. The summed E-state index contributed by atoms with van der Waals surface area (Å²) in [5, 5.41) is 8.99. The lowest BCUT2D eigenvalue weighted by atomic mass is 9.65. The number of ketones is 1. The summed E-state index contributed by atoms with van der Waals surface area (Å²) in [7, 11) is 9.27. The molecule has 15 heteroatoms. The van der Waals surface area contributed by atoms with Crippen molar-refractivity contribution >= 4 is 17.8 Å². The second kappa shape index (κ2) is 15.9. The van der Waals surface area contributed by atoms with Gasteiger partial charge in [-0.2, -0.15) is 0 Å². The smallest absolute Gasteiger partial charge is 0.310 e. The van der Waals surface area contributed by atoms with Crippen LogP contribution in [0.5, 0.6) is 51.7 Å². The number of carbonyl (C=O) groups is 2. The third-order valence-corrected chi connectivity index (χ3v) is 10.7. The Morgan fingerprint density at radius 2 is 1.43 bits per heavy atom. The van der Waals surface area contributed by atoms with E-state index in [1.165, 1.54) is 13.2 Å². The van der Waals surface area contributed by atoms with Gasteiger partial charge < -0.3 is 47.4 Å². The van der Waals surface area contributed by atoms with E-state index in [9.17, 15) is 9.59 Å². The van der Waals surface area contributed by atoms with E-state index in [-0.39, 0.29) is 37.7 Å². The topological polar surface area (TPSA) is 157 Å². The summed E-state index contributed by atoms with van der Waals surface area (Å²) >= 11 is 0. The molecule has 8 rings (SSSR count). The van der Waals surface area contributed by atoms with Crippen LogP contribution >= 0.6 is 0 Å². The fourth-order valence-corrected chi connectivity index (χ4v) is 7.99. The van der Waals surface area contributed by atoms with E-state index in [1.54, 1.807) is 82.8 Å². The predicted octanol–water partition coefficient (Wildman–Crippen LogP) is 6.06. The van der Waals surface area contributed by atoms with E-state index in [4.69, 9.17) is 47.4 Å². The summed E-state index contributed by atoms with van der Waals surface area (Å²) < 4.78 is 58.6. The van der Waals surface area contributed by atoms with Crippen LogP contribution in [0.25, 0.3) is 6.08 Å². The maximum atomic E-state index is 13.7. The van der Waals surface area contributed by atoms with E-state index in [2.05, 4.69) is 10.3 Å². The molecule has 0 radical (unpaired) electrons. The van der Waals surface area contributed by atoms with E-state index < -0.39 is 17.9 Å².